The number of rotatable bonds is 2. The summed E-state index contributed by atoms with van der Waals surface area (Å²) in [4.78, 5) is 0. The van der Waals surface area contributed by atoms with Crippen LogP contribution in [0.15, 0.2) is 0 Å². The Morgan fingerprint density at radius 1 is 1.64 bits per heavy atom. The SMILES string of the molecule is CC1OC2(CN)CC1(CO)C2. The maximum absolute atomic E-state index is 9.12. The lowest BCUT2D eigenvalue weighted by atomic mass is 9.61. The number of aliphatic hydroxyl groups excluding tert-OH is 1. The number of ether oxygens (including phenoxy) is 1. The van der Waals surface area contributed by atoms with Gasteiger partial charge in [0, 0.05) is 12.0 Å². The van der Waals surface area contributed by atoms with Crippen LogP contribution in [-0.4, -0.2) is 30.0 Å². The largest absolute Gasteiger partial charge is 0.396 e. The van der Waals surface area contributed by atoms with E-state index in [2.05, 4.69) is 0 Å². The first-order chi connectivity index (χ1) is 5.16. The summed E-state index contributed by atoms with van der Waals surface area (Å²) in [6.07, 6.45) is 2.10. The van der Waals surface area contributed by atoms with Crippen LogP contribution < -0.4 is 5.73 Å². The molecule has 1 unspecified atom stereocenters. The van der Waals surface area contributed by atoms with Crippen molar-refractivity contribution in [3.05, 3.63) is 0 Å². The molecule has 3 fully saturated rings. The van der Waals surface area contributed by atoms with Gasteiger partial charge < -0.3 is 15.6 Å². The number of hydrogen-bond acceptors (Lipinski definition) is 3. The normalized spacial score (nSPS) is 54.3. The van der Waals surface area contributed by atoms with E-state index in [0.717, 1.165) is 12.8 Å². The maximum atomic E-state index is 9.12. The number of fused-ring (bicyclic) bond motifs is 1. The highest BCUT2D eigenvalue weighted by Gasteiger charge is 2.65. The van der Waals surface area contributed by atoms with Crippen molar-refractivity contribution in [1.29, 1.82) is 0 Å². The standard InChI is InChI=1S/C8H15NO2/c1-6-7(5-10)2-8(3-7,4-9)11-6/h6,10H,2-5,9H2,1H3. The summed E-state index contributed by atoms with van der Waals surface area (Å²) in [5.74, 6) is 0. The molecule has 3 rings (SSSR count). The zero-order chi connectivity index (χ0) is 8.11. The van der Waals surface area contributed by atoms with Gasteiger partial charge in [0.2, 0.25) is 0 Å². The molecule has 0 aromatic heterocycles. The third kappa shape index (κ3) is 0.736. The fraction of sp³-hybridized carbons (Fsp3) is 1.00. The van der Waals surface area contributed by atoms with Gasteiger partial charge in [-0.05, 0) is 19.8 Å². The molecule has 1 saturated carbocycles. The van der Waals surface area contributed by atoms with Gasteiger partial charge in [-0.2, -0.15) is 0 Å². The number of aliphatic hydroxyl groups is 1. The van der Waals surface area contributed by atoms with Crippen molar-refractivity contribution < 1.29 is 9.84 Å². The van der Waals surface area contributed by atoms with E-state index in [9.17, 15) is 0 Å². The molecule has 0 aromatic rings. The zero-order valence-corrected chi connectivity index (χ0v) is 6.84. The van der Waals surface area contributed by atoms with Gasteiger partial charge in [0.25, 0.3) is 0 Å². The third-order valence-corrected chi connectivity index (χ3v) is 3.32. The monoisotopic (exact) mass is 157 g/mol. The van der Waals surface area contributed by atoms with Crippen molar-refractivity contribution in [2.24, 2.45) is 11.1 Å². The topological polar surface area (TPSA) is 55.5 Å². The van der Waals surface area contributed by atoms with E-state index in [0.29, 0.717) is 6.54 Å². The van der Waals surface area contributed by atoms with Crippen molar-refractivity contribution in [3.63, 3.8) is 0 Å². The predicted octanol–water partition coefficient (Wildman–Crippen LogP) is -0.125. The van der Waals surface area contributed by atoms with Crippen LogP contribution in [0.3, 0.4) is 0 Å². The minimum Gasteiger partial charge on any atom is -0.396 e. The quantitative estimate of drug-likeness (QED) is 0.587. The smallest absolute Gasteiger partial charge is 0.0822 e. The van der Waals surface area contributed by atoms with Gasteiger partial charge in [-0.3, -0.25) is 0 Å². The second-order valence-electron chi connectivity index (χ2n) is 4.02. The average molecular weight is 157 g/mol. The first kappa shape index (κ1) is 7.53. The van der Waals surface area contributed by atoms with Crippen molar-refractivity contribution in [2.45, 2.75) is 31.5 Å². The molecule has 0 spiro atoms. The summed E-state index contributed by atoms with van der Waals surface area (Å²) >= 11 is 0. The summed E-state index contributed by atoms with van der Waals surface area (Å²) in [5.41, 5.74) is 5.56. The molecule has 3 N–H and O–H groups in total. The van der Waals surface area contributed by atoms with Crippen LogP contribution >= 0.6 is 0 Å². The van der Waals surface area contributed by atoms with Crippen molar-refractivity contribution in [1.82, 2.24) is 0 Å². The molecule has 0 aromatic carbocycles. The third-order valence-electron chi connectivity index (χ3n) is 3.32. The molecule has 3 aliphatic rings. The van der Waals surface area contributed by atoms with Crippen LogP contribution in [-0.2, 0) is 4.74 Å². The molecule has 11 heavy (non-hydrogen) atoms. The van der Waals surface area contributed by atoms with Crippen molar-refractivity contribution in [2.75, 3.05) is 13.2 Å². The minimum atomic E-state index is -0.0673. The van der Waals surface area contributed by atoms with E-state index in [4.69, 9.17) is 15.6 Å². The Morgan fingerprint density at radius 3 is 2.55 bits per heavy atom. The second-order valence-corrected chi connectivity index (χ2v) is 4.02. The van der Waals surface area contributed by atoms with E-state index in [1.807, 2.05) is 6.92 Å². The van der Waals surface area contributed by atoms with Crippen LogP contribution in [0.25, 0.3) is 0 Å². The number of hydrogen-bond donors (Lipinski definition) is 2. The fourth-order valence-corrected chi connectivity index (χ4v) is 2.54. The van der Waals surface area contributed by atoms with Gasteiger partial charge in [0.1, 0.15) is 0 Å². The van der Waals surface area contributed by atoms with Crippen LogP contribution in [0.1, 0.15) is 19.8 Å². The molecule has 0 radical (unpaired) electrons. The highest BCUT2D eigenvalue weighted by Crippen LogP contribution is 2.60. The first-order valence-corrected chi connectivity index (χ1v) is 4.15. The molecule has 1 atom stereocenters. The summed E-state index contributed by atoms with van der Waals surface area (Å²) < 4.78 is 5.68. The highest BCUT2D eigenvalue weighted by atomic mass is 16.5. The van der Waals surface area contributed by atoms with E-state index >= 15 is 0 Å². The number of nitrogens with two attached hydrogens (primary N) is 1. The van der Waals surface area contributed by atoms with Crippen molar-refractivity contribution in [3.8, 4) is 0 Å². The van der Waals surface area contributed by atoms with E-state index in [1.165, 1.54) is 0 Å². The molecular weight excluding hydrogens is 142 g/mol. The molecule has 0 amide bonds. The molecule has 64 valence electrons. The molecular formula is C8H15NO2. The first-order valence-electron chi connectivity index (χ1n) is 4.15. The van der Waals surface area contributed by atoms with Gasteiger partial charge in [0.15, 0.2) is 0 Å². The van der Waals surface area contributed by atoms with Crippen LogP contribution in [0, 0.1) is 5.41 Å². The maximum Gasteiger partial charge on any atom is 0.0822 e. The van der Waals surface area contributed by atoms with Gasteiger partial charge >= 0.3 is 0 Å². The predicted molar refractivity (Wildman–Crippen MR) is 41.1 cm³/mol. The molecule has 2 bridgehead atoms. The molecule has 3 nitrogen and oxygen atoms in total. The zero-order valence-electron chi connectivity index (χ0n) is 6.84. The Morgan fingerprint density at radius 2 is 2.27 bits per heavy atom. The molecule has 2 heterocycles. The lowest BCUT2D eigenvalue weighted by Gasteiger charge is -2.43. The Kier molecular flexibility index (Phi) is 1.35. The second kappa shape index (κ2) is 1.97. The molecule has 3 heteroatoms. The molecule has 2 saturated heterocycles. The lowest BCUT2D eigenvalue weighted by molar-refractivity contribution is -0.0248. The Hall–Kier alpha value is -0.120. The van der Waals surface area contributed by atoms with Crippen LogP contribution in [0.4, 0.5) is 0 Å². The summed E-state index contributed by atoms with van der Waals surface area (Å²) in [5, 5.41) is 9.12. The van der Waals surface area contributed by atoms with E-state index < -0.39 is 0 Å². The minimum absolute atomic E-state index is 0.0549. The van der Waals surface area contributed by atoms with Gasteiger partial charge in [-0.1, -0.05) is 0 Å². The Labute approximate surface area is 66.5 Å². The molecule has 2 aliphatic heterocycles. The van der Waals surface area contributed by atoms with E-state index in [-0.39, 0.29) is 23.7 Å². The van der Waals surface area contributed by atoms with Crippen LogP contribution in [0.2, 0.25) is 0 Å². The Balaban J connectivity index is 2.14. The van der Waals surface area contributed by atoms with Crippen LogP contribution in [0.5, 0.6) is 0 Å². The van der Waals surface area contributed by atoms with Crippen molar-refractivity contribution >= 4 is 0 Å². The van der Waals surface area contributed by atoms with Gasteiger partial charge in [-0.15, -0.1) is 0 Å². The lowest BCUT2D eigenvalue weighted by Crippen LogP contribution is -2.51. The van der Waals surface area contributed by atoms with E-state index in [1.54, 1.807) is 0 Å². The average Bonchev–Trinajstić information content (AvgIpc) is 2.36. The van der Waals surface area contributed by atoms with Gasteiger partial charge in [0.05, 0.1) is 18.3 Å². The van der Waals surface area contributed by atoms with Gasteiger partial charge in [-0.25, -0.2) is 0 Å². The summed E-state index contributed by atoms with van der Waals surface area (Å²) in [6.45, 7) is 2.87. The summed E-state index contributed by atoms with van der Waals surface area (Å²) in [6, 6.07) is 0. The fourth-order valence-electron chi connectivity index (χ4n) is 2.54. The Bertz CT molecular complexity index is 175. The highest BCUT2D eigenvalue weighted by molar-refractivity contribution is 5.14. The molecule has 1 aliphatic carbocycles. The summed E-state index contributed by atoms with van der Waals surface area (Å²) in [7, 11) is 0.